The Morgan fingerprint density at radius 2 is 1.86 bits per heavy atom. The largest absolute Gasteiger partial charge is 0.490 e. The summed E-state index contributed by atoms with van der Waals surface area (Å²) in [4.78, 5) is 28.7. The van der Waals surface area contributed by atoms with Crippen LogP contribution in [0.25, 0.3) is 0 Å². The van der Waals surface area contributed by atoms with E-state index in [1.54, 1.807) is 17.0 Å². The van der Waals surface area contributed by atoms with Gasteiger partial charge < -0.3 is 30.1 Å². The predicted molar refractivity (Wildman–Crippen MR) is 146 cm³/mol. The minimum absolute atomic E-state index is 0.0172. The van der Waals surface area contributed by atoms with Crippen LogP contribution in [0.2, 0.25) is 0 Å². The van der Waals surface area contributed by atoms with Gasteiger partial charge in [0, 0.05) is 37.2 Å². The van der Waals surface area contributed by atoms with E-state index in [1.807, 2.05) is 27.0 Å². The van der Waals surface area contributed by atoms with Crippen molar-refractivity contribution in [3.63, 3.8) is 0 Å². The molecule has 8 nitrogen and oxygen atoms in total. The SMILES string of the molecule is CNC[C@H]1OCCCC[C@@H](C)Oc2ccc(NC(=O)C3CCCCC3)cc2C(=O)N([C@@H](C)CO)C[C@@H]1C. The van der Waals surface area contributed by atoms with Gasteiger partial charge in [0.25, 0.3) is 5.91 Å². The number of nitrogens with zero attached hydrogens (tertiary/aromatic N) is 1. The molecule has 0 bridgehead atoms. The van der Waals surface area contributed by atoms with E-state index in [2.05, 4.69) is 17.6 Å². The van der Waals surface area contributed by atoms with Gasteiger partial charge in [-0.3, -0.25) is 9.59 Å². The molecule has 208 valence electrons. The molecule has 0 spiro atoms. The molecular weight excluding hydrogens is 470 g/mol. The molecule has 1 saturated carbocycles. The number of rotatable bonds is 6. The van der Waals surface area contributed by atoms with Gasteiger partial charge in [0.1, 0.15) is 5.75 Å². The van der Waals surface area contributed by atoms with Gasteiger partial charge in [0.05, 0.1) is 30.4 Å². The first-order valence-corrected chi connectivity index (χ1v) is 14.1. The summed E-state index contributed by atoms with van der Waals surface area (Å²) in [5.74, 6) is 0.375. The average Bonchev–Trinajstić information content (AvgIpc) is 2.90. The number of amides is 2. The number of carbonyl (C=O) groups excluding carboxylic acids is 2. The number of fused-ring (bicyclic) bond motifs is 1. The lowest BCUT2D eigenvalue weighted by molar-refractivity contribution is -0.120. The molecule has 2 aliphatic rings. The van der Waals surface area contributed by atoms with E-state index in [0.29, 0.717) is 36.7 Å². The number of nitrogens with one attached hydrogen (secondary N) is 2. The lowest BCUT2D eigenvalue weighted by atomic mass is 9.88. The van der Waals surface area contributed by atoms with Crippen LogP contribution in [0.1, 0.15) is 82.5 Å². The van der Waals surface area contributed by atoms with E-state index in [0.717, 1.165) is 44.9 Å². The average molecular weight is 518 g/mol. The Morgan fingerprint density at radius 3 is 2.57 bits per heavy atom. The zero-order chi connectivity index (χ0) is 26.8. The van der Waals surface area contributed by atoms with Crippen LogP contribution in [0, 0.1) is 11.8 Å². The lowest BCUT2D eigenvalue weighted by Crippen LogP contribution is -2.47. The van der Waals surface area contributed by atoms with E-state index in [-0.39, 0.29) is 48.5 Å². The summed E-state index contributed by atoms with van der Waals surface area (Å²) in [6.45, 7) is 7.57. The van der Waals surface area contributed by atoms with Gasteiger partial charge in [-0.15, -0.1) is 0 Å². The molecule has 1 aromatic carbocycles. The van der Waals surface area contributed by atoms with Gasteiger partial charge in [-0.05, 0) is 71.2 Å². The number of ether oxygens (including phenoxy) is 2. The number of hydrogen-bond donors (Lipinski definition) is 3. The Labute approximate surface area is 222 Å². The molecule has 37 heavy (non-hydrogen) atoms. The molecule has 2 amide bonds. The second kappa shape index (κ2) is 14.7. The molecule has 3 N–H and O–H groups in total. The van der Waals surface area contributed by atoms with Crippen LogP contribution in [0.15, 0.2) is 18.2 Å². The van der Waals surface area contributed by atoms with Gasteiger partial charge in [0.15, 0.2) is 0 Å². The number of benzene rings is 1. The van der Waals surface area contributed by atoms with Crippen LogP contribution in [0.3, 0.4) is 0 Å². The Hall–Kier alpha value is -2.16. The van der Waals surface area contributed by atoms with Gasteiger partial charge in [-0.2, -0.15) is 0 Å². The van der Waals surface area contributed by atoms with Crippen molar-refractivity contribution >= 4 is 17.5 Å². The highest BCUT2D eigenvalue weighted by Crippen LogP contribution is 2.30. The monoisotopic (exact) mass is 517 g/mol. The molecule has 3 rings (SSSR count). The third-order valence-electron chi connectivity index (χ3n) is 7.70. The number of aliphatic hydroxyl groups is 1. The summed E-state index contributed by atoms with van der Waals surface area (Å²) < 4.78 is 12.5. The van der Waals surface area contributed by atoms with E-state index in [4.69, 9.17) is 9.47 Å². The third-order valence-corrected chi connectivity index (χ3v) is 7.70. The Kier molecular flexibility index (Phi) is 11.7. The van der Waals surface area contributed by atoms with Crippen molar-refractivity contribution in [2.75, 3.05) is 38.7 Å². The van der Waals surface area contributed by atoms with Crippen LogP contribution in [-0.2, 0) is 9.53 Å². The zero-order valence-electron chi connectivity index (χ0n) is 23.1. The molecule has 1 aliphatic heterocycles. The predicted octanol–water partition coefficient (Wildman–Crippen LogP) is 4.22. The maximum absolute atomic E-state index is 14.0. The second-order valence-electron chi connectivity index (χ2n) is 10.9. The Bertz CT molecular complexity index is 873. The van der Waals surface area contributed by atoms with Crippen molar-refractivity contribution in [2.45, 2.75) is 90.4 Å². The fraction of sp³-hybridized carbons (Fsp3) is 0.724. The zero-order valence-corrected chi connectivity index (χ0v) is 23.1. The van der Waals surface area contributed by atoms with E-state index >= 15 is 0 Å². The highest BCUT2D eigenvalue weighted by Gasteiger charge is 2.30. The van der Waals surface area contributed by atoms with E-state index in [1.165, 1.54) is 6.42 Å². The van der Waals surface area contributed by atoms with Crippen LogP contribution in [-0.4, -0.2) is 73.4 Å². The molecule has 1 aliphatic carbocycles. The standard InChI is InChI=1S/C29H47N3O5/c1-20-18-32(21(2)19-33)29(35)25-16-24(31-28(34)23-11-6-5-7-12-23)13-14-26(25)37-22(3)10-8-9-15-36-27(20)17-30-4/h13-14,16,20-23,27,30,33H,5-12,15,17-19H2,1-4H3,(H,31,34)/t20-,21-,22+,27+/m0/s1. The van der Waals surface area contributed by atoms with Crippen LogP contribution in [0.4, 0.5) is 5.69 Å². The number of anilines is 1. The fourth-order valence-electron chi connectivity index (χ4n) is 5.30. The van der Waals surface area contributed by atoms with Gasteiger partial charge in [-0.1, -0.05) is 26.2 Å². The topological polar surface area (TPSA) is 100 Å². The first kappa shape index (κ1) is 29.4. The smallest absolute Gasteiger partial charge is 0.258 e. The molecular formula is C29H47N3O5. The molecule has 8 heteroatoms. The minimum Gasteiger partial charge on any atom is -0.490 e. The van der Waals surface area contributed by atoms with Crippen molar-refractivity contribution in [3.8, 4) is 5.75 Å². The number of hydrogen-bond acceptors (Lipinski definition) is 6. The van der Waals surface area contributed by atoms with Crippen molar-refractivity contribution in [1.82, 2.24) is 10.2 Å². The summed E-state index contributed by atoms with van der Waals surface area (Å²) in [5.41, 5.74) is 1.00. The van der Waals surface area contributed by atoms with Crippen molar-refractivity contribution in [2.24, 2.45) is 11.8 Å². The highest BCUT2D eigenvalue weighted by atomic mass is 16.5. The minimum atomic E-state index is -0.385. The maximum Gasteiger partial charge on any atom is 0.258 e. The second-order valence-corrected chi connectivity index (χ2v) is 10.9. The van der Waals surface area contributed by atoms with Crippen LogP contribution < -0.4 is 15.4 Å². The van der Waals surface area contributed by atoms with Crippen molar-refractivity contribution < 1.29 is 24.2 Å². The third kappa shape index (κ3) is 8.42. The highest BCUT2D eigenvalue weighted by molar-refractivity contribution is 6.00. The lowest BCUT2D eigenvalue weighted by Gasteiger charge is -2.34. The Balaban J connectivity index is 1.93. The summed E-state index contributed by atoms with van der Waals surface area (Å²) >= 11 is 0. The van der Waals surface area contributed by atoms with Gasteiger partial charge in [-0.25, -0.2) is 0 Å². The van der Waals surface area contributed by atoms with Crippen molar-refractivity contribution in [1.29, 1.82) is 0 Å². The fourth-order valence-corrected chi connectivity index (χ4v) is 5.30. The van der Waals surface area contributed by atoms with Crippen LogP contribution >= 0.6 is 0 Å². The number of likely N-dealkylation sites (N-methyl/N-ethyl adjacent to an activating group) is 1. The van der Waals surface area contributed by atoms with E-state index < -0.39 is 0 Å². The molecule has 0 saturated heterocycles. The number of aliphatic hydroxyl groups excluding tert-OH is 1. The summed E-state index contributed by atoms with van der Waals surface area (Å²) in [5, 5.41) is 16.3. The van der Waals surface area contributed by atoms with Crippen molar-refractivity contribution in [3.05, 3.63) is 23.8 Å². The molecule has 4 atom stereocenters. The first-order chi connectivity index (χ1) is 17.8. The summed E-state index contributed by atoms with van der Waals surface area (Å²) in [6, 6.07) is 4.97. The molecule has 1 fully saturated rings. The van der Waals surface area contributed by atoms with Gasteiger partial charge in [0.2, 0.25) is 5.91 Å². The summed E-state index contributed by atoms with van der Waals surface area (Å²) in [6.07, 6.45) is 7.79. The number of carbonyl (C=O) groups is 2. The molecule has 0 unspecified atom stereocenters. The van der Waals surface area contributed by atoms with Crippen LogP contribution in [0.5, 0.6) is 5.75 Å². The van der Waals surface area contributed by atoms with E-state index in [9.17, 15) is 14.7 Å². The normalized spacial score (nSPS) is 25.5. The molecule has 1 heterocycles. The summed E-state index contributed by atoms with van der Waals surface area (Å²) in [7, 11) is 1.90. The Morgan fingerprint density at radius 1 is 1.14 bits per heavy atom. The first-order valence-electron chi connectivity index (χ1n) is 14.1. The maximum atomic E-state index is 14.0. The van der Waals surface area contributed by atoms with Gasteiger partial charge >= 0.3 is 0 Å². The molecule has 0 aromatic heterocycles. The molecule has 1 aromatic rings. The molecule has 0 radical (unpaired) electrons. The quantitative estimate of drug-likeness (QED) is 0.523.